The molecule has 0 unspecified atom stereocenters. The minimum Gasteiger partial charge on any atom is -0.493 e. The van der Waals surface area contributed by atoms with E-state index in [4.69, 9.17) is 9.88 Å². The van der Waals surface area contributed by atoms with Crippen LogP contribution < -0.4 is 15.2 Å². The van der Waals surface area contributed by atoms with Crippen LogP contribution in [-0.4, -0.2) is 20.9 Å². The third kappa shape index (κ3) is 3.93. The predicted octanol–water partition coefficient (Wildman–Crippen LogP) is 1.13. The quantitative estimate of drug-likeness (QED) is 0.848. The van der Waals surface area contributed by atoms with Crippen molar-refractivity contribution >= 4 is 15.9 Å². The summed E-state index contributed by atoms with van der Waals surface area (Å²) < 4.78 is 27.8. The number of nitrogens with two attached hydrogens (primary N) is 1. The van der Waals surface area contributed by atoms with Gasteiger partial charge in [-0.2, -0.15) is 0 Å². The zero-order valence-corrected chi connectivity index (χ0v) is 13.8. The van der Waals surface area contributed by atoms with Gasteiger partial charge in [0.1, 0.15) is 5.75 Å². The topological polar surface area (TPSA) is 98.5 Å². The third-order valence-corrected chi connectivity index (χ3v) is 4.79. The summed E-state index contributed by atoms with van der Waals surface area (Å²) >= 11 is 0. The molecule has 0 saturated heterocycles. The van der Waals surface area contributed by atoms with Gasteiger partial charge >= 0.3 is 0 Å². The zero-order valence-electron chi connectivity index (χ0n) is 13.0. The summed E-state index contributed by atoms with van der Waals surface area (Å²) in [5, 5.41) is 7.87. The summed E-state index contributed by atoms with van der Waals surface area (Å²) in [4.78, 5) is 12.1. The van der Waals surface area contributed by atoms with E-state index in [1.54, 1.807) is 12.1 Å². The molecule has 24 heavy (non-hydrogen) atoms. The number of carbonyl (C=O) groups is 1. The number of hydrogen-bond donors (Lipinski definition) is 2. The summed E-state index contributed by atoms with van der Waals surface area (Å²) in [6.45, 7) is 1.03. The maximum absolute atomic E-state index is 12.1. The van der Waals surface area contributed by atoms with Crippen LogP contribution in [0.4, 0.5) is 0 Å². The van der Waals surface area contributed by atoms with E-state index in [0.29, 0.717) is 19.6 Å². The fourth-order valence-electron chi connectivity index (χ4n) is 2.60. The van der Waals surface area contributed by atoms with Crippen molar-refractivity contribution in [1.82, 2.24) is 5.32 Å². The molecule has 6 nitrogen and oxygen atoms in total. The van der Waals surface area contributed by atoms with Crippen LogP contribution in [0.5, 0.6) is 5.75 Å². The number of carbonyl (C=O) groups excluding carboxylic acids is 1. The third-order valence-electron chi connectivity index (χ3n) is 3.86. The van der Waals surface area contributed by atoms with Gasteiger partial charge in [0.25, 0.3) is 0 Å². The number of rotatable bonds is 5. The van der Waals surface area contributed by atoms with Crippen LogP contribution in [0.3, 0.4) is 0 Å². The highest BCUT2D eigenvalue weighted by Crippen LogP contribution is 2.25. The highest BCUT2D eigenvalue weighted by Gasteiger charge is 2.13. The average Bonchev–Trinajstić information content (AvgIpc) is 3.00. The molecule has 3 N–H and O–H groups in total. The Hall–Kier alpha value is -2.38. The Bertz CT molecular complexity index is 861. The first-order valence-electron chi connectivity index (χ1n) is 7.55. The van der Waals surface area contributed by atoms with Gasteiger partial charge in [-0.15, -0.1) is 0 Å². The van der Waals surface area contributed by atoms with E-state index in [0.717, 1.165) is 28.9 Å². The van der Waals surface area contributed by atoms with Crippen molar-refractivity contribution < 1.29 is 17.9 Å². The SMILES string of the molecule is NS(=O)(=O)c1ccc(CNC(=O)Cc2ccc3c(c2)CCO3)cc1. The van der Waals surface area contributed by atoms with E-state index in [2.05, 4.69) is 5.32 Å². The van der Waals surface area contributed by atoms with E-state index in [1.165, 1.54) is 12.1 Å². The van der Waals surface area contributed by atoms with Gasteiger partial charge in [-0.05, 0) is 34.9 Å². The van der Waals surface area contributed by atoms with Gasteiger partial charge in [-0.3, -0.25) is 4.79 Å². The Labute approximate surface area is 140 Å². The smallest absolute Gasteiger partial charge is 0.238 e. The molecule has 2 aromatic rings. The summed E-state index contributed by atoms with van der Waals surface area (Å²) in [6.07, 6.45) is 1.17. The van der Waals surface area contributed by atoms with Crippen molar-refractivity contribution in [2.45, 2.75) is 24.3 Å². The number of primary sulfonamides is 1. The maximum Gasteiger partial charge on any atom is 0.238 e. The van der Waals surface area contributed by atoms with Crippen molar-refractivity contribution in [3.63, 3.8) is 0 Å². The zero-order chi connectivity index (χ0) is 17.2. The molecule has 0 atom stereocenters. The average molecular weight is 346 g/mol. The van der Waals surface area contributed by atoms with Crippen LogP contribution in [0.25, 0.3) is 0 Å². The molecule has 0 bridgehead atoms. The lowest BCUT2D eigenvalue weighted by atomic mass is 10.1. The Morgan fingerprint density at radius 2 is 1.83 bits per heavy atom. The normalized spacial score (nSPS) is 13.2. The van der Waals surface area contributed by atoms with Gasteiger partial charge in [-0.1, -0.05) is 24.3 Å². The summed E-state index contributed by atoms with van der Waals surface area (Å²) in [5.74, 6) is 0.804. The number of ether oxygens (including phenoxy) is 1. The summed E-state index contributed by atoms with van der Waals surface area (Å²) in [7, 11) is -3.69. The number of hydrogen-bond acceptors (Lipinski definition) is 4. The number of benzene rings is 2. The standard InChI is InChI=1S/C17H18N2O4S/c18-24(21,22)15-4-1-12(2-5-15)11-19-17(20)10-13-3-6-16-14(9-13)7-8-23-16/h1-6,9H,7-8,10-11H2,(H,19,20)(H2,18,21,22). The summed E-state index contributed by atoms with van der Waals surface area (Å²) in [5.41, 5.74) is 2.89. The number of amides is 1. The number of nitrogens with one attached hydrogen (secondary N) is 1. The highest BCUT2D eigenvalue weighted by atomic mass is 32.2. The van der Waals surface area contributed by atoms with Crippen LogP contribution in [-0.2, 0) is 34.2 Å². The van der Waals surface area contributed by atoms with E-state index >= 15 is 0 Å². The second kappa shape index (κ2) is 6.62. The molecular weight excluding hydrogens is 328 g/mol. The maximum atomic E-state index is 12.1. The first-order valence-corrected chi connectivity index (χ1v) is 9.09. The first kappa shape index (κ1) is 16.5. The minimum atomic E-state index is -3.69. The monoisotopic (exact) mass is 346 g/mol. The second-order valence-electron chi connectivity index (χ2n) is 5.68. The fraction of sp³-hybridized carbons (Fsp3) is 0.235. The van der Waals surface area contributed by atoms with Gasteiger partial charge in [0.2, 0.25) is 15.9 Å². The van der Waals surface area contributed by atoms with Crippen LogP contribution in [0.2, 0.25) is 0 Å². The van der Waals surface area contributed by atoms with E-state index < -0.39 is 10.0 Å². The van der Waals surface area contributed by atoms with E-state index in [1.807, 2.05) is 18.2 Å². The van der Waals surface area contributed by atoms with Crippen LogP contribution in [0, 0.1) is 0 Å². The molecule has 0 spiro atoms. The van der Waals surface area contributed by atoms with Crippen molar-refractivity contribution in [1.29, 1.82) is 0 Å². The molecule has 0 aromatic heterocycles. The molecule has 7 heteroatoms. The largest absolute Gasteiger partial charge is 0.493 e. The number of fused-ring (bicyclic) bond motifs is 1. The first-order chi connectivity index (χ1) is 11.4. The van der Waals surface area contributed by atoms with Gasteiger partial charge in [0, 0.05) is 13.0 Å². The van der Waals surface area contributed by atoms with Crippen molar-refractivity contribution in [3.8, 4) is 5.75 Å². The molecule has 2 aromatic carbocycles. The molecule has 3 rings (SSSR count). The Balaban J connectivity index is 1.56. The minimum absolute atomic E-state index is 0.0536. The lowest BCUT2D eigenvalue weighted by molar-refractivity contribution is -0.120. The van der Waals surface area contributed by atoms with E-state index in [-0.39, 0.29) is 10.8 Å². The Morgan fingerprint density at radius 1 is 1.12 bits per heavy atom. The van der Waals surface area contributed by atoms with Crippen molar-refractivity contribution in [3.05, 3.63) is 59.2 Å². The molecule has 1 aliphatic rings. The molecular formula is C17H18N2O4S. The Kier molecular flexibility index (Phi) is 4.55. The van der Waals surface area contributed by atoms with Crippen LogP contribution >= 0.6 is 0 Å². The number of sulfonamides is 1. The van der Waals surface area contributed by atoms with E-state index in [9.17, 15) is 13.2 Å². The Morgan fingerprint density at radius 3 is 2.54 bits per heavy atom. The lowest BCUT2D eigenvalue weighted by Gasteiger charge is -2.07. The highest BCUT2D eigenvalue weighted by molar-refractivity contribution is 7.89. The van der Waals surface area contributed by atoms with Gasteiger partial charge in [0.05, 0.1) is 17.9 Å². The van der Waals surface area contributed by atoms with Crippen molar-refractivity contribution in [2.24, 2.45) is 5.14 Å². The van der Waals surface area contributed by atoms with Gasteiger partial charge in [-0.25, -0.2) is 13.6 Å². The molecule has 1 amide bonds. The van der Waals surface area contributed by atoms with Crippen molar-refractivity contribution in [2.75, 3.05) is 6.61 Å². The molecule has 1 heterocycles. The molecule has 0 aliphatic carbocycles. The molecule has 0 saturated carbocycles. The lowest BCUT2D eigenvalue weighted by Crippen LogP contribution is -2.24. The molecule has 0 radical (unpaired) electrons. The van der Waals surface area contributed by atoms with Gasteiger partial charge < -0.3 is 10.1 Å². The van der Waals surface area contributed by atoms with Crippen LogP contribution in [0.15, 0.2) is 47.4 Å². The second-order valence-corrected chi connectivity index (χ2v) is 7.24. The molecule has 126 valence electrons. The predicted molar refractivity (Wildman–Crippen MR) is 89.0 cm³/mol. The molecule has 1 aliphatic heterocycles. The summed E-state index contributed by atoms with van der Waals surface area (Å²) in [6, 6.07) is 11.9. The van der Waals surface area contributed by atoms with Crippen LogP contribution in [0.1, 0.15) is 16.7 Å². The fourth-order valence-corrected chi connectivity index (χ4v) is 3.11. The van der Waals surface area contributed by atoms with Gasteiger partial charge in [0.15, 0.2) is 0 Å². The molecule has 0 fully saturated rings.